The molecule has 0 amide bonds. The molecule has 4 aromatic rings. The fourth-order valence-corrected chi connectivity index (χ4v) is 4.59. The molecule has 1 fully saturated rings. The number of ether oxygens (including phenoxy) is 1. The number of carbonyl (C=O) groups excluding carboxylic acids is 1. The zero-order valence-electron chi connectivity index (χ0n) is 20.2. The summed E-state index contributed by atoms with van der Waals surface area (Å²) in [7, 11) is 3.93. The number of alkyl halides is 3. The SMILES string of the molecule is CN(C)C[C@H]1CN(c2cc(F)c3nc(-c4cc(C(=O)c5ccccc5C(F)(F)F)c[nH]4)[nH]c3c2)CCO1. The first-order valence-electron chi connectivity index (χ1n) is 11.7. The number of halogens is 4. The number of aromatic nitrogens is 3. The first-order chi connectivity index (χ1) is 17.6. The second-order valence-electron chi connectivity index (χ2n) is 9.28. The van der Waals surface area contributed by atoms with Crippen molar-refractivity contribution >= 4 is 22.5 Å². The Morgan fingerprint density at radius 1 is 1.22 bits per heavy atom. The van der Waals surface area contributed by atoms with Gasteiger partial charge in [0.05, 0.1) is 29.5 Å². The van der Waals surface area contributed by atoms with Gasteiger partial charge in [0.1, 0.15) is 5.52 Å². The van der Waals surface area contributed by atoms with E-state index in [4.69, 9.17) is 4.74 Å². The van der Waals surface area contributed by atoms with Gasteiger partial charge < -0.3 is 24.5 Å². The van der Waals surface area contributed by atoms with Crippen LogP contribution in [0.25, 0.3) is 22.6 Å². The van der Waals surface area contributed by atoms with Crippen LogP contribution in [0.3, 0.4) is 0 Å². The highest BCUT2D eigenvalue weighted by atomic mass is 19.4. The molecule has 0 unspecified atom stereocenters. The minimum Gasteiger partial charge on any atom is -0.373 e. The molecule has 1 aliphatic heterocycles. The third-order valence-corrected chi connectivity index (χ3v) is 6.27. The van der Waals surface area contributed by atoms with Crippen LogP contribution in [0, 0.1) is 5.82 Å². The number of carbonyl (C=O) groups is 1. The Morgan fingerprint density at radius 3 is 2.76 bits per heavy atom. The van der Waals surface area contributed by atoms with Crippen LogP contribution in [-0.4, -0.2) is 72.1 Å². The van der Waals surface area contributed by atoms with Gasteiger partial charge in [0, 0.05) is 42.6 Å². The van der Waals surface area contributed by atoms with Crippen LogP contribution < -0.4 is 4.90 Å². The Balaban J connectivity index is 1.42. The van der Waals surface area contributed by atoms with E-state index in [0.29, 0.717) is 36.6 Å². The number of aromatic amines is 2. The van der Waals surface area contributed by atoms with Crippen LogP contribution in [0.15, 0.2) is 48.7 Å². The Bertz CT molecular complexity index is 1440. The summed E-state index contributed by atoms with van der Waals surface area (Å²) >= 11 is 0. The van der Waals surface area contributed by atoms with Crippen molar-refractivity contribution in [1.29, 1.82) is 0 Å². The molecule has 2 aromatic carbocycles. The average molecular weight is 516 g/mol. The van der Waals surface area contributed by atoms with Gasteiger partial charge in [0.15, 0.2) is 17.4 Å². The third-order valence-electron chi connectivity index (χ3n) is 6.27. The number of morpholine rings is 1. The predicted octanol–water partition coefficient (Wildman–Crippen LogP) is 4.71. The maximum atomic E-state index is 15.0. The highest BCUT2D eigenvalue weighted by molar-refractivity contribution is 6.10. The van der Waals surface area contributed by atoms with Crippen LogP contribution in [0.1, 0.15) is 21.5 Å². The van der Waals surface area contributed by atoms with Crippen molar-refractivity contribution in [2.24, 2.45) is 0 Å². The first-order valence-corrected chi connectivity index (χ1v) is 11.7. The van der Waals surface area contributed by atoms with E-state index in [1.807, 2.05) is 25.1 Å². The molecule has 0 saturated carbocycles. The maximum Gasteiger partial charge on any atom is 0.417 e. The van der Waals surface area contributed by atoms with Crippen molar-refractivity contribution < 1.29 is 27.1 Å². The predicted molar refractivity (Wildman–Crippen MR) is 131 cm³/mol. The van der Waals surface area contributed by atoms with Gasteiger partial charge in [-0.15, -0.1) is 0 Å². The lowest BCUT2D eigenvalue weighted by Crippen LogP contribution is -2.46. The van der Waals surface area contributed by atoms with E-state index < -0.39 is 28.9 Å². The van der Waals surface area contributed by atoms with E-state index >= 15 is 4.39 Å². The number of imidazole rings is 1. The van der Waals surface area contributed by atoms with Gasteiger partial charge in [-0.05, 0) is 38.4 Å². The second-order valence-corrected chi connectivity index (χ2v) is 9.28. The Kier molecular flexibility index (Phi) is 6.50. The van der Waals surface area contributed by atoms with E-state index in [1.165, 1.54) is 30.5 Å². The molecule has 1 atom stereocenters. The normalized spacial score (nSPS) is 16.6. The molecular formula is C26H25F4N5O2. The smallest absolute Gasteiger partial charge is 0.373 e. The summed E-state index contributed by atoms with van der Waals surface area (Å²) in [6.45, 7) is 2.52. The summed E-state index contributed by atoms with van der Waals surface area (Å²) < 4.78 is 61.0. The second kappa shape index (κ2) is 9.64. The van der Waals surface area contributed by atoms with E-state index in [0.717, 1.165) is 18.7 Å². The molecule has 194 valence electrons. The van der Waals surface area contributed by atoms with Gasteiger partial charge in [0.2, 0.25) is 0 Å². The molecule has 0 bridgehead atoms. The number of fused-ring (bicyclic) bond motifs is 1. The number of nitrogens with zero attached hydrogens (tertiary/aromatic N) is 3. The first kappa shape index (κ1) is 25.0. The molecule has 0 radical (unpaired) electrons. The summed E-state index contributed by atoms with van der Waals surface area (Å²) in [6.07, 6.45) is -3.35. The standard InChI is InChI=1S/C26H25F4N5O2/c1-34(2)13-17-14-35(7-8-37-17)16-10-20(27)23-21(11-16)32-25(33-23)22-9-15(12-31-22)24(36)18-5-3-4-6-19(18)26(28,29)30/h3-6,9-12,17,31H,7-8,13-14H2,1-2H3,(H,32,33)/t17-/m0/s1. The lowest BCUT2D eigenvalue weighted by atomic mass is 9.99. The number of likely N-dealkylation sites (N-methyl/N-ethyl adjacent to an activating group) is 1. The highest BCUT2D eigenvalue weighted by Gasteiger charge is 2.35. The van der Waals surface area contributed by atoms with Crippen molar-refractivity contribution in [2.75, 3.05) is 45.2 Å². The summed E-state index contributed by atoms with van der Waals surface area (Å²) in [4.78, 5) is 27.2. The minimum atomic E-state index is -4.66. The van der Waals surface area contributed by atoms with Gasteiger partial charge in [0.25, 0.3) is 0 Å². The number of ketones is 1. The lowest BCUT2D eigenvalue weighted by Gasteiger charge is -2.35. The fraction of sp³-hybridized carbons (Fsp3) is 0.308. The molecule has 2 aromatic heterocycles. The van der Waals surface area contributed by atoms with E-state index in [9.17, 15) is 18.0 Å². The quantitative estimate of drug-likeness (QED) is 0.287. The van der Waals surface area contributed by atoms with E-state index in [1.54, 1.807) is 0 Å². The van der Waals surface area contributed by atoms with Gasteiger partial charge in [-0.3, -0.25) is 4.79 Å². The molecule has 1 saturated heterocycles. The molecule has 5 rings (SSSR count). The Hall–Kier alpha value is -3.70. The van der Waals surface area contributed by atoms with Gasteiger partial charge in [-0.25, -0.2) is 9.37 Å². The largest absolute Gasteiger partial charge is 0.417 e. The maximum absolute atomic E-state index is 15.0. The number of anilines is 1. The molecule has 1 aliphatic rings. The number of benzene rings is 2. The van der Waals surface area contributed by atoms with Gasteiger partial charge >= 0.3 is 6.18 Å². The summed E-state index contributed by atoms with van der Waals surface area (Å²) in [5, 5.41) is 0. The number of H-pyrrole nitrogens is 2. The van der Waals surface area contributed by atoms with Crippen molar-refractivity contribution in [3.05, 3.63) is 71.2 Å². The van der Waals surface area contributed by atoms with Gasteiger partial charge in [-0.1, -0.05) is 18.2 Å². The van der Waals surface area contributed by atoms with Crippen molar-refractivity contribution in [3.8, 4) is 11.5 Å². The zero-order chi connectivity index (χ0) is 26.3. The van der Waals surface area contributed by atoms with Crippen molar-refractivity contribution in [3.63, 3.8) is 0 Å². The molecule has 11 heteroatoms. The molecule has 0 spiro atoms. The lowest BCUT2D eigenvalue weighted by molar-refractivity contribution is -0.137. The number of hydrogen-bond donors (Lipinski definition) is 2. The molecule has 37 heavy (non-hydrogen) atoms. The number of hydrogen-bond acceptors (Lipinski definition) is 5. The third kappa shape index (κ3) is 5.09. The molecule has 7 nitrogen and oxygen atoms in total. The highest BCUT2D eigenvalue weighted by Crippen LogP contribution is 2.33. The number of rotatable bonds is 6. The summed E-state index contributed by atoms with van der Waals surface area (Å²) in [6, 6.07) is 9.28. The Morgan fingerprint density at radius 2 is 2.00 bits per heavy atom. The van der Waals surface area contributed by atoms with Crippen LogP contribution in [0.2, 0.25) is 0 Å². The Labute approximate surface area is 210 Å². The van der Waals surface area contributed by atoms with Gasteiger partial charge in [-0.2, -0.15) is 13.2 Å². The van der Waals surface area contributed by atoms with Crippen LogP contribution in [0.5, 0.6) is 0 Å². The van der Waals surface area contributed by atoms with Crippen LogP contribution in [0.4, 0.5) is 23.2 Å². The molecule has 2 N–H and O–H groups in total. The van der Waals surface area contributed by atoms with Crippen LogP contribution in [-0.2, 0) is 10.9 Å². The van der Waals surface area contributed by atoms with Crippen LogP contribution >= 0.6 is 0 Å². The van der Waals surface area contributed by atoms with E-state index in [-0.39, 0.29) is 23.0 Å². The summed E-state index contributed by atoms with van der Waals surface area (Å²) in [5.74, 6) is -1.02. The molecule has 0 aliphatic carbocycles. The molecular weight excluding hydrogens is 490 g/mol. The van der Waals surface area contributed by atoms with Crippen molar-refractivity contribution in [2.45, 2.75) is 12.3 Å². The van der Waals surface area contributed by atoms with E-state index in [2.05, 4.69) is 19.9 Å². The topological polar surface area (TPSA) is 77.2 Å². The monoisotopic (exact) mass is 515 g/mol. The minimum absolute atomic E-state index is 0.00260. The summed E-state index contributed by atoms with van der Waals surface area (Å²) in [5.41, 5.74) is 0.220. The molecule has 3 heterocycles. The number of nitrogens with one attached hydrogen (secondary N) is 2. The zero-order valence-corrected chi connectivity index (χ0v) is 20.2. The van der Waals surface area contributed by atoms with Crippen molar-refractivity contribution in [1.82, 2.24) is 19.9 Å². The average Bonchev–Trinajstić information content (AvgIpc) is 3.50. The fourth-order valence-electron chi connectivity index (χ4n) is 4.59.